The molecular formula is C29H44ClN3O3. The maximum Gasteiger partial charge on any atom is 0.242 e. The van der Waals surface area contributed by atoms with E-state index in [1.165, 1.54) is 0 Å². The van der Waals surface area contributed by atoms with Crippen LogP contribution in [0.4, 0.5) is 0 Å². The van der Waals surface area contributed by atoms with E-state index >= 15 is 0 Å². The first-order chi connectivity index (χ1) is 17.0. The molecule has 0 radical (unpaired) electrons. The summed E-state index contributed by atoms with van der Waals surface area (Å²) in [6.07, 6.45) is 3.70. The van der Waals surface area contributed by atoms with Crippen LogP contribution in [0.25, 0.3) is 0 Å². The number of methoxy groups -OCH3 is 1. The van der Waals surface area contributed by atoms with Crippen LogP contribution in [0, 0.1) is 11.3 Å². The fourth-order valence-electron chi connectivity index (χ4n) is 4.01. The number of rotatable bonds is 14. The van der Waals surface area contributed by atoms with Crippen molar-refractivity contribution in [2.45, 2.75) is 73.5 Å². The van der Waals surface area contributed by atoms with E-state index in [-0.39, 0.29) is 30.3 Å². The minimum atomic E-state index is -0.717. The molecule has 1 aromatic heterocycles. The summed E-state index contributed by atoms with van der Waals surface area (Å²) >= 11 is 6.11. The molecule has 0 saturated carbocycles. The molecule has 0 spiro atoms. The van der Waals surface area contributed by atoms with Gasteiger partial charge in [0.1, 0.15) is 5.75 Å². The number of amides is 2. The quantitative estimate of drug-likeness (QED) is 0.297. The molecule has 6 nitrogen and oxygen atoms in total. The van der Waals surface area contributed by atoms with E-state index in [9.17, 15) is 9.59 Å². The first kappa shape index (κ1) is 29.8. The van der Waals surface area contributed by atoms with Gasteiger partial charge >= 0.3 is 0 Å². The first-order valence-electron chi connectivity index (χ1n) is 12.9. The highest BCUT2D eigenvalue weighted by atomic mass is 35.5. The van der Waals surface area contributed by atoms with Gasteiger partial charge in [0.2, 0.25) is 11.8 Å². The summed E-state index contributed by atoms with van der Waals surface area (Å²) in [4.78, 5) is 30.6. The van der Waals surface area contributed by atoms with Crippen molar-refractivity contribution in [1.82, 2.24) is 14.4 Å². The minimum Gasteiger partial charge on any atom is -0.497 e. The molecule has 1 heterocycles. The fraction of sp³-hybridized carbons (Fsp3) is 0.586. The molecule has 1 atom stereocenters. The van der Waals surface area contributed by atoms with Gasteiger partial charge in [-0.15, -0.1) is 11.6 Å². The zero-order chi connectivity index (χ0) is 26.9. The van der Waals surface area contributed by atoms with Crippen LogP contribution in [0.15, 0.2) is 42.6 Å². The average molecular weight is 518 g/mol. The predicted octanol–water partition coefficient (Wildman–Crippen LogP) is 5.81. The Hall–Kier alpha value is -2.47. The van der Waals surface area contributed by atoms with Crippen molar-refractivity contribution in [1.29, 1.82) is 0 Å². The summed E-state index contributed by atoms with van der Waals surface area (Å²) in [5.74, 6) is 1.35. The topological polar surface area (TPSA) is 54.8 Å². The smallest absolute Gasteiger partial charge is 0.242 e. The zero-order valence-electron chi connectivity index (χ0n) is 23.1. The van der Waals surface area contributed by atoms with Gasteiger partial charge in [-0.2, -0.15) is 0 Å². The maximum atomic E-state index is 13.7. The molecule has 2 rings (SSSR count). The van der Waals surface area contributed by atoms with Gasteiger partial charge in [-0.1, -0.05) is 32.9 Å². The van der Waals surface area contributed by atoms with Crippen LogP contribution in [0.2, 0.25) is 0 Å². The molecule has 1 unspecified atom stereocenters. The Kier molecular flexibility index (Phi) is 11.4. The molecular weight excluding hydrogens is 474 g/mol. The number of carbonyl (C=O) groups is 2. The molecule has 2 amide bonds. The molecule has 0 aliphatic rings. The second kappa shape index (κ2) is 13.7. The molecule has 0 saturated heterocycles. The van der Waals surface area contributed by atoms with Gasteiger partial charge in [0.25, 0.3) is 0 Å². The molecule has 0 bridgehead atoms. The van der Waals surface area contributed by atoms with Gasteiger partial charge in [0, 0.05) is 36.9 Å². The minimum absolute atomic E-state index is 0.0408. The molecule has 1 aromatic carbocycles. The number of aromatic nitrogens is 1. The molecule has 2 aromatic rings. The van der Waals surface area contributed by atoms with E-state index in [1.54, 1.807) is 12.0 Å². The predicted molar refractivity (Wildman–Crippen MR) is 147 cm³/mol. The monoisotopic (exact) mass is 517 g/mol. The van der Waals surface area contributed by atoms with E-state index in [2.05, 4.69) is 44.4 Å². The average Bonchev–Trinajstić information content (AvgIpc) is 3.30. The maximum absolute atomic E-state index is 13.7. The lowest BCUT2D eigenvalue weighted by Gasteiger charge is -2.35. The zero-order valence-corrected chi connectivity index (χ0v) is 23.8. The highest BCUT2D eigenvalue weighted by Gasteiger charge is 2.33. The van der Waals surface area contributed by atoms with Crippen molar-refractivity contribution < 1.29 is 14.3 Å². The normalized spacial score (nSPS) is 12.5. The highest BCUT2D eigenvalue weighted by Crippen LogP contribution is 2.23. The Morgan fingerprint density at radius 3 is 2.47 bits per heavy atom. The van der Waals surface area contributed by atoms with E-state index in [0.717, 1.165) is 29.8 Å². The number of carbonyl (C=O) groups excluding carboxylic acids is 2. The molecule has 36 heavy (non-hydrogen) atoms. The van der Waals surface area contributed by atoms with Crippen LogP contribution in [0.5, 0.6) is 5.75 Å². The summed E-state index contributed by atoms with van der Waals surface area (Å²) in [6, 6.07) is 12.1. The summed E-state index contributed by atoms with van der Waals surface area (Å²) in [7, 11) is 1.67. The van der Waals surface area contributed by atoms with Gasteiger partial charge < -0.3 is 19.1 Å². The van der Waals surface area contributed by atoms with E-state index in [1.807, 2.05) is 49.2 Å². The molecule has 7 heteroatoms. The van der Waals surface area contributed by atoms with Crippen molar-refractivity contribution in [3.63, 3.8) is 0 Å². The number of hydrogen-bond acceptors (Lipinski definition) is 3. The molecule has 200 valence electrons. The second-order valence-electron chi connectivity index (χ2n) is 10.7. The van der Waals surface area contributed by atoms with Crippen LogP contribution in [-0.2, 0) is 22.7 Å². The van der Waals surface area contributed by atoms with E-state index < -0.39 is 5.41 Å². The number of alkyl halides is 1. The van der Waals surface area contributed by atoms with Gasteiger partial charge in [0.05, 0.1) is 25.6 Å². The van der Waals surface area contributed by atoms with Crippen molar-refractivity contribution in [3.8, 4) is 5.75 Å². The fourth-order valence-corrected chi connectivity index (χ4v) is 4.12. The number of nitrogens with zero attached hydrogens (tertiary/aromatic N) is 3. The van der Waals surface area contributed by atoms with Gasteiger partial charge in [-0.25, -0.2) is 0 Å². The van der Waals surface area contributed by atoms with Crippen molar-refractivity contribution in [3.05, 3.63) is 53.9 Å². The summed E-state index contributed by atoms with van der Waals surface area (Å²) in [6.45, 7) is 13.9. The van der Waals surface area contributed by atoms with Crippen LogP contribution in [0.1, 0.15) is 65.6 Å². The highest BCUT2D eigenvalue weighted by molar-refractivity contribution is 6.19. The Balaban J connectivity index is 2.24. The van der Waals surface area contributed by atoms with Gasteiger partial charge in [-0.3, -0.25) is 9.59 Å². The Morgan fingerprint density at radius 1 is 1.14 bits per heavy atom. The van der Waals surface area contributed by atoms with Crippen LogP contribution in [-0.4, -0.2) is 58.3 Å². The second-order valence-corrected chi connectivity index (χ2v) is 11.0. The number of benzene rings is 1. The Labute approximate surface area is 222 Å². The SMILES string of the molecule is CCC(C)N(Cc1cccn1Cc1cccc(OC)c1)C(=O)CN(CCC(C)C)C(=O)C(C)(C)CCl. The largest absolute Gasteiger partial charge is 0.497 e. The lowest BCUT2D eigenvalue weighted by Crippen LogP contribution is -2.49. The third-order valence-electron chi connectivity index (χ3n) is 6.69. The standard InChI is InChI=1S/C29H44ClN3O3/c1-8-23(4)33(27(34)20-32(16-14-22(2)3)28(35)29(5,6)21-30)19-25-12-10-15-31(25)18-24-11-9-13-26(17-24)36-7/h9-13,15,17,22-23H,8,14,16,18-21H2,1-7H3. The Morgan fingerprint density at radius 2 is 1.86 bits per heavy atom. The third-order valence-corrected chi connectivity index (χ3v) is 7.36. The summed E-state index contributed by atoms with van der Waals surface area (Å²) < 4.78 is 7.53. The first-order valence-corrected chi connectivity index (χ1v) is 13.5. The van der Waals surface area contributed by atoms with Crippen LogP contribution in [0.3, 0.4) is 0 Å². The summed E-state index contributed by atoms with van der Waals surface area (Å²) in [5, 5.41) is 0. The summed E-state index contributed by atoms with van der Waals surface area (Å²) in [5.41, 5.74) is 1.46. The van der Waals surface area contributed by atoms with Crippen LogP contribution >= 0.6 is 11.6 Å². The third kappa shape index (κ3) is 8.29. The van der Waals surface area contributed by atoms with Crippen molar-refractivity contribution in [2.75, 3.05) is 26.1 Å². The van der Waals surface area contributed by atoms with E-state index in [0.29, 0.717) is 25.6 Å². The molecule has 0 aliphatic carbocycles. The van der Waals surface area contributed by atoms with Crippen LogP contribution < -0.4 is 4.74 Å². The van der Waals surface area contributed by atoms with Gasteiger partial charge in [0.15, 0.2) is 0 Å². The lowest BCUT2D eigenvalue weighted by molar-refractivity contribution is -0.146. The van der Waals surface area contributed by atoms with Gasteiger partial charge in [-0.05, 0) is 69.4 Å². The number of hydrogen-bond donors (Lipinski definition) is 0. The van der Waals surface area contributed by atoms with E-state index in [4.69, 9.17) is 16.3 Å². The lowest BCUT2D eigenvalue weighted by atomic mass is 9.94. The van der Waals surface area contributed by atoms with Crippen molar-refractivity contribution >= 4 is 23.4 Å². The molecule has 0 fully saturated rings. The number of halogens is 1. The molecule has 0 N–H and O–H groups in total. The number of ether oxygens (including phenoxy) is 1. The van der Waals surface area contributed by atoms with Crippen molar-refractivity contribution in [2.24, 2.45) is 11.3 Å². The molecule has 0 aliphatic heterocycles. The Bertz CT molecular complexity index is 986.